The van der Waals surface area contributed by atoms with Crippen molar-refractivity contribution in [3.05, 3.63) is 0 Å². The van der Waals surface area contributed by atoms with Gasteiger partial charge >= 0.3 is 95.9 Å². The summed E-state index contributed by atoms with van der Waals surface area (Å²) in [6, 6.07) is 0. The summed E-state index contributed by atoms with van der Waals surface area (Å²) in [5.74, 6) is 0. The minimum Gasteiger partial charge on any atom is 0.378 e. The maximum Gasteiger partial charge on any atom is 0.378 e. The van der Waals surface area contributed by atoms with E-state index in [-0.39, 0.29) is 9.90 Å². The van der Waals surface area contributed by atoms with Gasteiger partial charge in [0.25, 0.3) is 0 Å². The third-order valence-electron chi connectivity index (χ3n) is 0. The van der Waals surface area contributed by atoms with Gasteiger partial charge in [-0.25, -0.2) is 0 Å². The zero-order valence-corrected chi connectivity index (χ0v) is 11.7. The van der Waals surface area contributed by atoms with Gasteiger partial charge < -0.3 is 0 Å². The first-order valence-electron chi connectivity index (χ1n) is 1.85. The summed E-state index contributed by atoms with van der Waals surface area (Å²) in [6.45, 7) is 0. The molecule has 16 heavy (non-hydrogen) atoms. The van der Waals surface area contributed by atoms with Crippen LogP contribution in [0.3, 0.4) is 0 Å². The summed E-state index contributed by atoms with van der Waals surface area (Å²) in [5, 5.41) is 0. The minimum absolute atomic E-state index is 0. The van der Waals surface area contributed by atoms with Crippen molar-refractivity contribution in [3.8, 4) is 0 Å². The molecule has 12 nitrogen and oxygen atoms in total. The third-order valence-corrected chi connectivity index (χ3v) is 0. The van der Waals surface area contributed by atoms with Crippen molar-refractivity contribution in [2.24, 2.45) is 0 Å². The SMILES string of the molecule is [O]=[Mn](=[O])(=[O])[O-].[O]=[Mn](=[O])(=[O])[O-].[O]=[Mn](=[O])(=[O])[O-].[PH3+3]. The van der Waals surface area contributed by atoms with E-state index in [0.29, 0.717) is 0 Å². The third kappa shape index (κ3) is 513000. The van der Waals surface area contributed by atoms with E-state index in [1.807, 2.05) is 0 Å². The van der Waals surface area contributed by atoms with Gasteiger partial charge in [-0.1, -0.05) is 0 Å². The molecule has 0 aliphatic heterocycles. The molecular formula is H3Mn3O12P. The van der Waals surface area contributed by atoms with E-state index in [2.05, 4.69) is 0 Å². The van der Waals surface area contributed by atoms with Crippen molar-refractivity contribution in [3.63, 3.8) is 0 Å². The first-order valence-corrected chi connectivity index (χ1v) is 7.63. The minimum atomic E-state index is -5.62. The van der Waals surface area contributed by atoms with Crippen LogP contribution in [0, 0.1) is 0 Å². The molecule has 101 valence electrons. The summed E-state index contributed by atoms with van der Waals surface area (Å²) >= 11 is -16.9. The van der Waals surface area contributed by atoms with Crippen LogP contribution in [0.4, 0.5) is 0 Å². The normalized spacial score (nSPS) is 10.7. The fourth-order valence-corrected chi connectivity index (χ4v) is 0. The first-order chi connectivity index (χ1) is 6.00. The topological polar surface area (TPSA) is 223 Å². The van der Waals surface area contributed by atoms with Gasteiger partial charge in [-0.3, -0.25) is 0 Å². The Balaban J connectivity index is -0.0000000655. The molecule has 0 bridgehead atoms. The smallest absolute Gasteiger partial charge is 0.378 e. The molecule has 0 fully saturated rings. The van der Waals surface area contributed by atoms with Crippen LogP contribution in [0.25, 0.3) is 0 Å². The Morgan fingerprint density at radius 2 is 0.438 bits per heavy atom. The summed E-state index contributed by atoms with van der Waals surface area (Å²) in [4.78, 5) is 0. The number of hydrogen-bond donors (Lipinski definition) is 0. The van der Waals surface area contributed by atoms with Gasteiger partial charge in [0.1, 0.15) is 0 Å². The van der Waals surface area contributed by atoms with Gasteiger partial charge in [0.15, 0.2) is 0 Å². The molecule has 0 heterocycles. The Morgan fingerprint density at radius 3 is 0.438 bits per heavy atom. The average molecular weight is 391 g/mol. The van der Waals surface area contributed by atoms with E-state index in [1.54, 1.807) is 0 Å². The van der Waals surface area contributed by atoms with Crippen molar-refractivity contribution in [1.29, 1.82) is 0 Å². The molecule has 0 aromatic carbocycles. The second kappa shape index (κ2) is 9.14. The van der Waals surface area contributed by atoms with Crippen LogP contribution in [0.5, 0.6) is 0 Å². The summed E-state index contributed by atoms with van der Waals surface area (Å²) in [6.07, 6.45) is 0. The van der Waals surface area contributed by atoms with Crippen molar-refractivity contribution in [2.45, 2.75) is 0 Å². The fourth-order valence-electron chi connectivity index (χ4n) is 0. The molecule has 0 aromatic heterocycles. The van der Waals surface area contributed by atoms with E-state index in [4.69, 9.17) is 47.1 Å². The first kappa shape index (κ1) is 25.1. The Hall–Kier alpha value is 0.0684. The Morgan fingerprint density at radius 1 is 0.438 bits per heavy atom. The molecule has 0 spiro atoms. The summed E-state index contributed by atoms with van der Waals surface area (Å²) in [5.41, 5.74) is 0. The van der Waals surface area contributed by atoms with Gasteiger partial charge in [-0.15, -0.1) is 0 Å². The van der Waals surface area contributed by atoms with E-state index in [9.17, 15) is 0 Å². The van der Waals surface area contributed by atoms with Crippen LogP contribution in [0.2, 0.25) is 0 Å². The van der Waals surface area contributed by atoms with Crippen LogP contribution in [0.15, 0.2) is 0 Å². The fraction of sp³-hybridized carbons (Fsp3) is 0. The molecule has 0 rings (SSSR count). The molecule has 0 saturated heterocycles. The van der Waals surface area contributed by atoms with Gasteiger partial charge in [0, 0.05) is 0 Å². The summed E-state index contributed by atoms with van der Waals surface area (Å²) < 4.78 is 103. The standard InChI is InChI=1S/3Mn.12O.H3P/h;;;;;;;;;;;;;;;1H3/q;;;;;;;;;;;;3*-1;+3. The van der Waals surface area contributed by atoms with E-state index in [1.165, 1.54) is 0 Å². The molecule has 0 aliphatic rings. The van der Waals surface area contributed by atoms with Crippen molar-refractivity contribution in [2.75, 3.05) is 0 Å². The van der Waals surface area contributed by atoms with Crippen LogP contribution in [0.1, 0.15) is 0 Å². The Kier molecular flexibility index (Phi) is 14.3. The molecule has 0 N–H and O–H groups in total. The monoisotopic (exact) mass is 391 g/mol. The van der Waals surface area contributed by atoms with Gasteiger partial charge in [0.2, 0.25) is 0 Å². The molecule has 0 saturated carbocycles. The zero-order chi connectivity index (χ0) is 13.5. The van der Waals surface area contributed by atoms with Crippen LogP contribution < -0.4 is 12.6 Å². The van der Waals surface area contributed by atoms with Crippen molar-refractivity contribution < 1.29 is 86.0 Å². The van der Waals surface area contributed by atoms with Crippen LogP contribution >= 0.6 is 9.90 Å². The average Bonchev–Trinajstić information content (AvgIpc) is 1.41. The summed E-state index contributed by atoms with van der Waals surface area (Å²) in [7, 11) is 0. The number of rotatable bonds is 0. The van der Waals surface area contributed by atoms with Crippen molar-refractivity contribution >= 4 is 9.90 Å². The molecule has 3 radical (unpaired) electrons. The van der Waals surface area contributed by atoms with Gasteiger partial charge in [0.05, 0.1) is 0 Å². The second-order valence-electron chi connectivity index (χ2n) is 1.13. The number of hydrogen-bond acceptors (Lipinski definition) is 12. The largest absolute Gasteiger partial charge is 0.378 e. The molecule has 1 atom stereocenters. The van der Waals surface area contributed by atoms with E-state index < -0.39 is 38.9 Å². The van der Waals surface area contributed by atoms with E-state index in [0.717, 1.165) is 0 Å². The van der Waals surface area contributed by atoms with E-state index >= 15 is 0 Å². The molecule has 0 amide bonds. The molecule has 16 heteroatoms. The zero-order valence-electron chi connectivity index (χ0n) is 6.74. The van der Waals surface area contributed by atoms with Crippen LogP contribution in [-0.2, 0) is 73.4 Å². The van der Waals surface area contributed by atoms with Crippen molar-refractivity contribution in [1.82, 2.24) is 0 Å². The molecule has 1 unspecified atom stereocenters. The molecule has 0 aromatic rings. The Bertz CT molecular complexity index is 480. The Labute approximate surface area is 95.7 Å². The van der Waals surface area contributed by atoms with Gasteiger partial charge in [-0.2, -0.15) is 0 Å². The quantitative estimate of drug-likeness (QED) is 0.281. The van der Waals surface area contributed by atoms with Crippen LogP contribution in [-0.4, -0.2) is 0 Å². The second-order valence-corrected chi connectivity index (χ2v) is 4.68. The predicted molar refractivity (Wildman–Crippen MR) is 17.3 cm³/mol. The van der Waals surface area contributed by atoms with Gasteiger partial charge in [-0.05, 0) is 0 Å². The molecule has 0 aliphatic carbocycles. The predicted octanol–water partition coefficient (Wildman–Crippen LogP) is -4.59. The maximum atomic E-state index is 8.58. The molecular weight excluding hydrogens is 388 g/mol. The maximum absolute atomic E-state index is 8.58.